The van der Waals surface area contributed by atoms with Gasteiger partial charge in [-0.15, -0.1) is 0 Å². The Bertz CT molecular complexity index is 805. The number of ether oxygens (including phenoxy) is 1. The first kappa shape index (κ1) is 14.1. The molecule has 2 aromatic carbocycles. The Morgan fingerprint density at radius 3 is 2.68 bits per heavy atom. The molecule has 0 fully saturated rings. The molecule has 0 unspecified atom stereocenters. The number of rotatable bonds is 5. The number of carboxylic acid groups (broad SMARTS) is 1. The summed E-state index contributed by atoms with van der Waals surface area (Å²) in [5, 5.41) is 8.86. The van der Waals surface area contributed by atoms with Crippen molar-refractivity contribution in [2.24, 2.45) is 0 Å². The molecule has 5 nitrogen and oxygen atoms in total. The number of carboxylic acids is 1. The van der Waals surface area contributed by atoms with E-state index in [1.54, 1.807) is 24.3 Å². The van der Waals surface area contributed by atoms with Gasteiger partial charge in [0.15, 0.2) is 11.5 Å². The van der Waals surface area contributed by atoms with E-state index in [1.165, 1.54) is 0 Å². The molecule has 0 aliphatic carbocycles. The lowest BCUT2D eigenvalue weighted by molar-refractivity contribution is 0.0697. The second kappa shape index (κ2) is 5.89. The zero-order chi connectivity index (χ0) is 15.5. The smallest absolute Gasteiger partial charge is 0.335 e. The van der Waals surface area contributed by atoms with Crippen molar-refractivity contribution in [3.05, 3.63) is 59.5 Å². The van der Waals surface area contributed by atoms with Crippen LogP contribution >= 0.6 is 0 Å². The van der Waals surface area contributed by atoms with Gasteiger partial charge in [0.05, 0.1) is 5.56 Å². The second-order valence-corrected chi connectivity index (χ2v) is 4.88. The number of aromatic carboxylic acids is 1. The van der Waals surface area contributed by atoms with Crippen LogP contribution in [0.1, 0.15) is 28.7 Å². The van der Waals surface area contributed by atoms with Crippen molar-refractivity contribution < 1.29 is 19.1 Å². The number of nitrogens with zero attached hydrogens (tertiary/aromatic N) is 1. The van der Waals surface area contributed by atoms with Gasteiger partial charge in [-0.1, -0.05) is 19.1 Å². The summed E-state index contributed by atoms with van der Waals surface area (Å²) in [5.74, 6) is 0.470. The van der Waals surface area contributed by atoms with Gasteiger partial charge in [-0.05, 0) is 29.8 Å². The molecule has 1 aromatic heterocycles. The maximum Gasteiger partial charge on any atom is 0.335 e. The van der Waals surface area contributed by atoms with Gasteiger partial charge in [-0.3, -0.25) is 0 Å². The minimum atomic E-state index is -0.935. The molecule has 22 heavy (non-hydrogen) atoms. The monoisotopic (exact) mass is 297 g/mol. The molecule has 5 heteroatoms. The van der Waals surface area contributed by atoms with Gasteiger partial charge in [0.2, 0.25) is 0 Å². The number of oxazole rings is 1. The first-order valence-corrected chi connectivity index (χ1v) is 7.00. The maximum atomic E-state index is 10.8. The Labute approximate surface area is 127 Å². The third-order valence-corrected chi connectivity index (χ3v) is 3.31. The lowest BCUT2D eigenvalue weighted by Crippen LogP contribution is -1.98. The summed E-state index contributed by atoms with van der Waals surface area (Å²) in [6.45, 7) is 2.35. The highest BCUT2D eigenvalue weighted by atomic mass is 16.5. The molecule has 0 aliphatic heterocycles. The SMILES string of the molecule is CCc1nc2cc(OCc3ccc(C(=O)O)cc3)ccc2o1. The summed E-state index contributed by atoms with van der Waals surface area (Å²) in [6, 6.07) is 12.1. The van der Waals surface area contributed by atoms with Crippen LogP contribution in [0.3, 0.4) is 0 Å². The Morgan fingerprint density at radius 2 is 2.00 bits per heavy atom. The molecule has 1 N–H and O–H groups in total. The van der Waals surface area contributed by atoms with Crippen LogP contribution in [0, 0.1) is 0 Å². The van der Waals surface area contributed by atoms with Gasteiger partial charge < -0.3 is 14.3 Å². The number of benzene rings is 2. The summed E-state index contributed by atoms with van der Waals surface area (Å²) >= 11 is 0. The molecule has 0 saturated heterocycles. The van der Waals surface area contributed by atoms with Gasteiger partial charge in [0.25, 0.3) is 0 Å². The molecule has 0 radical (unpaired) electrons. The first-order valence-electron chi connectivity index (χ1n) is 7.00. The van der Waals surface area contributed by atoms with E-state index >= 15 is 0 Å². The first-order chi connectivity index (χ1) is 10.7. The van der Waals surface area contributed by atoms with Crippen molar-refractivity contribution in [3.63, 3.8) is 0 Å². The number of hydrogen-bond donors (Lipinski definition) is 1. The fourth-order valence-corrected chi connectivity index (χ4v) is 2.11. The van der Waals surface area contributed by atoms with Crippen LogP contribution in [-0.4, -0.2) is 16.1 Å². The predicted molar refractivity (Wildman–Crippen MR) is 81.1 cm³/mol. The fraction of sp³-hybridized carbons (Fsp3) is 0.176. The van der Waals surface area contributed by atoms with Crippen LogP contribution in [0.4, 0.5) is 0 Å². The minimum absolute atomic E-state index is 0.264. The number of aryl methyl sites for hydroxylation is 1. The number of fused-ring (bicyclic) bond motifs is 1. The average molecular weight is 297 g/mol. The van der Waals surface area contributed by atoms with Gasteiger partial charge in [-0.2, -0.15) is 0 Å². The molecule has 0 aliphatic rings. The highest BCUT2D eigenvalue weighted by molar-refractivity contribution is 5.87. The van der Waals surface area contributed by atoms with Crippen LogP contribution in [-0.2, 0) is 13.0 Å². The normalized spacial score (nSPS) is 10.8. The van der Waals surface area contributed by atoms with E-state index in [0.29, 0.717) is 18.2 Å². The van der Waals surface area contributed by atoms with Crippen molar-refractivity contribution >= 4 is 17.1 Å². The highest BCUT2D eigenvalue weighted by Gasteiger charge is 2.06. The van der Waals surface area contributed by atoms with Crippen molar-refractivity contribution in [2.45, 2.75) is 20.0 Å². The highest BCUT2D eigenvalue weighted by Crippen LogP contribution is 2.22. The quantitative estimate of drug-likeness (QED) is 0.778. The molecule has 0 bridgehead atoms. The van der Waals surface area contributed by atoms with Crippen LogP contribution < -0.4 is 4.74 Å². The molecule has 1 heterocycles. The van der Waals surface area contributed by atoms with Crippen LogP contribution in [0.25, 0.3) is 11.1 Å². The van der Waals surface area contributed by atoms with E-state index in [2.05, 4.69) is 4.98 Å². The van der Waals surface area contributed by atoms with E-state index in [1.807, 2.05) is 25.1 Å². The summed E-state index contributed by atoms with van der Waals surface area (Å²) in [5.41, 5.74) is 2.69. The molecule has 3 aromatic rings. The summed E-state index contributed by atoms with van der Waals surface area (Å²) in [4.78, 5) is 15.2. The van der Waals surface area contributed by atoms with Gasteiger partial charge in [0, 0.05) is 12.5 Å². The zero-order valence-electron chi connectivity index (χ0n) is 12.1. The Hall–Kier alpha value is -2.82. The molecule has 0 amide bonds. The lowest BCUT2D eigenvalue weighted by atomic mass is 10.1. The molecular formula is C17H15NO4. The van der Waals surface area contributed by atoms with Gasteiger partial charge >= 0.3 is 5.97 Å². The van der Waals surface area contributed by atoms with Crippen LogP contribution in [0.5, 0.6) is 5.75 Å². The Balaban J connectivity index is 1.71. The Morgan fingerprint density at radius 1 is 1.23 bits per heavy atom. The van der Waals surface area contributed by atoms with Crippen molar-refractivity contribution in [1.82, 2.24) is 4.98 Å². The molecule has 112 valence electrons. The number of aromatic nitrogens is 1. The lowest BCUT2D eigenvalue weighted by Gasteiger charge is -2.06. The summed E-state index contributed by atoms with van der Waals surface area (Å²) in [6.07, 6.45) is 0.751. The predicted octanol–water partition coefficient (Wildman–Crippen LogP) is 3.67. The van der Waals surface area contributed by atoms with Crippen molar-refractivity contribution in [3.8, 4) is 5.75 Å². The van der Waals surface area contributed by atoms with E-state index in [4.69, 9.17) is 14.3 Å². The van der Waals surface area contributed by atoms with Crippen LogP contribution in [0.15, 0.2) is 46.9 Å². The maximum absolute atomic E-state index is 10.8. The third kappa shape index (κ3) is 2.93. The Kier molecular flexibility index (Phi) is 3.78. The van der Waals surface area contributed by atoms with Crippen molar-refractivity contribution in [1.29, 1.82) is 0 Å². The third-order valence-electron chi connectivity index (χ3n) is 3.31. The van der Waals surface area contributed by atoms with Gasteiger partial charge in [0.1, 0.15) is 17.9 Å². The summed E-state index contributed by atoms with van der Waals surface area (Å²) < 4.78 is 11.3. The van der Waals surface area contributed by atoms with Crippen molar-refractivity contribution in [2.75, 3.05) is 0 Å². The number of carbonyl (C=O) groups is 1. The molecule has 0 spiro atoms. The second-order valence-electron chi connectivity index (χ2n) is 4.88. The molecule has 3 rings (SSSR count). The topological polar surface area (TPSA) is 72.6 Å². The van der Waals surface area contributed by atoms with E-state index < -0.39 is 5.97 Å². The molecular weight excluding hydrogens is 282 g/mol. The number of hydrogen-bond acceptors (Lipinski definition) is 4. The van der Waals surface area contributed by atoms with E-state index in [0.717, 1.165) is 23.1 Å². The largest absolute Gasteiger partial charge is 0.489 e. The molecule has 0 atom stereocenters. The minimum Gasteiger partial charge on any atom is -0.489 e. The standard InChI is InChI=1S/C17H15NO4/c1-2-16-18-14-9-13(7-8-15(14)22-16)21-10-11-3-5-12(6-4-11)17(19)20/h3-9H,2,10H2,1H3,(H,19,20). The average Bonchev–Trinajstić information content (AvgIpc) is 2.95. The van der Waals surface area contributed by atoms with Crippen LogP contribution in [0.2, 0.25) is 0 Å². The van der Waals surface area contributed by atoms with E-state index in [9.17, 15) is 4.79 Å². The van der Waals surface area contributed by atoms with Gasteiger partial charge in [-0.25, -0.2) is 9.78 Å². The summed E-state index contributed by atoms with van der Waals surface area (Å²) in [7, 11) is 0. The fourth-order valence-electron chi connectivity index (χ4n) is 2.11. The van der Waals surface area contributed by atoms with E-state index in [-0.39, 0.29) is 5.56 Å². The molecule has 0 saturated carbocycles. The zero-order valence-corrected chi connectivity index (χ0v) is 12.1.